The highest BCUT2D eigenvalue weighted by molar-refractivity contribution is 7.38. The molecule has 0 spiro atoms. The lowest BCUT2D eigenvalue weighted by molar-refractivity contribution is 0.405. The van der Waals surface area contributed by atoms with Crippen LogP contribution in [-0.2, 0) is 13.0 Å². The summed E-state index contributed by atoms with van der Waals surface area (Å²) in [6, 6.07) is 4.11. The van der Waals surface area contributed by atoms with E-state index < -0.39 is 24.9 Å². The molecule has 0 saturated heterocycles. The lowest BCUT2D eigenvalue weighted by Gasteiger charge is -2.32. The van der Waals surface area contributed by atoms with Crippen LogP contribution < -0.4 is 0 Å². The van der Waals surface area contributed by atoms with E-state index in [9.17, 15) is 4.57 Å². The van der Waals surface area contributed by atoms with E-state index in [1.54, 1.807) is 0 Å². The summed E-state index contributed by atoms with van der Waals surface area (Å²) in [6.45, 7) is 22.8. The van der Waals surface area contributed by atoms with E-state index in [0.29, 0.717) is 36.3 Å². The highest BCUT2D eigenvalue weighted by Gasteiger charge is 2.38. The van der Waals surface area contributed by atoms with Gasteiger partial charge in [-0.05, 0) is 36.3 Å². The maximum Gasteiger partial charge on any atom is 0.299 e. The van der Waals surface area contributed by atoms with E-state index in [4.69, 9.17) is 8.43 Å². The first-order valence-electron chi connectivity index (χ1n) is 8.04. The first-order valence-corrected chi connectivity index (χ1v) is 14.3. The zero-order chi connectivity index (χ0) is 18.5. The third kappa shape index (κ3) is 7.73. The fourth-order valence-corrected chi connectivity index (χ4v) is 12.2. The Morgan fingerprint density at radius 3 is 0.958 bits per heavy atom. The van der Waals surface area contributed by atoms with Crippen LogP contribution >= 0.6 is 8.25 Å². The highest BCUT2D eigenvalue weighted by Crippen LogP contribution is 2.42. The Morgan fingerprint density at radius 2 is 0.792 bits per heavy atom. The topological polar surface area (TPSA) is 35.5 Å². The molecule has 0 heterocycles. The van der Waals surface area contributed by atoms with Gasteiger partial charge in [0.2, 0.25) is 16.6 Å². The van der Waals surface area contributed by atoms with Gasteiger partial charge in [-0.3, -0.25) is 4.57 Å². The molecule has 0 radical (unpaired) electrons. The minimum absolute atomic E-state index is 0.684. The van der Waals surface area contributed by atoms with Crippen molar-refractivity contribution < 1.29 is 13.0 Å². The Kier molecular flexibility index (Phi) is 11.9. The number of hydrogen-bond donors (Lipinski definition) is 0. The van der Waals surface area contributed by atoms with Crippen molar-refractivity contribution in [3.05, 3.63) is 75.9 Å². The second-order valence-corrected chi connectivity index (χ2v) is 15.1. The molecule has 0 aliphatic heterocycles. The highest BCUT2D eigenvalue weighted by atomic mass is 31.1. The van der Waals surface area contributed by atoms with Crippen LogP contribution in [0.25, 0.3) is 0 Å². The van der Waals surface area contributed by atoms with Gasteiger partial charge in [0.05, 0.1) is 0 Å². The Hall–Kier alpha value is -0.976. The zero-order valence-electron chi connectivity index (χ0n) is 14.7. The molecule has 0 rings (SSSR count). The zero-order valence-corrected chi connectivity index (χ0v) is 17.7. The maximum atomic E-state index is 12.7. The minimum Gasteiger partial charge on any atom is -0.352 e. The molecule has 0 atom stereocenters. The van der Waals surface area contributed by atoms with Crippen molar-refractivity contribution in [2.75, 3.05) is 0 Å². The molecule has 134 valence electrons. The minimum atomic E-state index is -2.65. The molecular weight excluding hydrogens is 351 g/mol. The van der Waals surface area contributed by atoms with Gasteiger partial charge in [0, 0.05) is 0 Å². The van der Waals surface area contributed by atoms with Crippen molar-refractivity contribution >= 4 is 24.9 Å². The maximum absolute atomic E-state index is 12.7. The van der Waals surface area contributed by atoms with Gasteiger partial charge >= 0.3 is 0 Å². The first kappa shape index (κ1) is 23.0. The summed E-state index contributed by atoms with van der Waals surface area (Å²) in [5.41, 5.74) is 0. The van der Waals surface area contributed by atoms with Crippen molar-refractivity contribution in [3.63, 3.8) is 0 Å². The molecule has 3 nitrogen and oxygen atoms in total. The number of allylic oxidation sites excluding steroid dienone is 6. The predicted molar refractivity (Wildman–Crippen MR) is 113 cm³/mol. The second-order valence-electron chi connectivity index (χ2n) is 5.78. The van der Waals surface area contributed by atoms with E-state index >= 15 is 0 Å². The second kappa shape index (κ2) is 12.4. The van der Waals surface area contributed by atoms with Crippen LogP contribution in [0.2, 0.25) is 36.3 Å². The molecule has 0 aromatic carbocycles. The quantitative estimate of drug-likeness (QED) is 0.176. The standard InChI is InChI=1S/C18H31O3PSi2/c1-7-13-23(14-8-2,15-9-3)20-22(19)21-24(16-10-4,17-11-5)18-12-6/h7-12,22H,1-6,13-18H2. The number of hydrogen-bond acceptors (Lipinski definition) is 3. The molecule has 6 heteroatoms. The summed E-state index contributed by atoms with van der Waals surface area (Å²) in [6.07, 6.45) is 10.9. The van der Waals surface area contributed by atoms with Crippen molar-refractivity contribution in [2.45, 2.75) is 36.3 Å². The van der Waals surface area contributed by atoms with Crippen molar-refractivity contribution in [1.82, 2.24) is 0 Å². The fraction of sp³-hybridized carbons (Fsp3) is 0.333. The monoisotopic (exact) mass is 382 g/mol. The SMILES string of the molecule is C=CC[Si](CC=C)(CC=C)O[PH](=O)O[Si](CC=C)(CC=C)CC=C. The first-order chi connectivity index (χ1) is 11.5. The smallest absolute Gasteiger partial charge is 0.299 e. The average Bonchev–Trinajstić information content (AvgIpc) is 2.48. The van der Waals surface area contributed by atoms with Gasteiger partial charge in [-0.1, -0.05) is 36.5 Å². The van der Waals surface area contributed by atoms with Crippen molar-refractivity contribution in [1.29, 1.82) is 0 Å². The molecule has 0 saturated carbocycles. The Morgan fingerprint density at radius 1 is 0.583 bits per heavy atom. The predicted octanol–water partition coefficient (Wildman–Crippen LogP) is 6.42. The molecule has 0 amide bonds. The molecule has 0 unspecified atom stereocenters. The summed E-state index contributed by atoms with van der Waals surface area (Å²) in [5, 5.41) is 0. The summed E-state index contributed by atoms with van der Waals surface area (Å²) in [5.74, 6) is 0. The van der Waals surface area contributed by atoms with Crippen LogP contribution in [0, 0.1) is 0 Å². The third-order valence-electron chi connectivity index (χ3n) is 3.70. The van der Waals surface area contributed by atoms with E-state index in [1.165, 1.54) is 0 Å². The van der Waals surface area contributed by atoms with Gasteiger partial charge in [0.1, 0.15) is 0 Å². The Bertz CT molecular complexity index is 394. The van der Waals surface area contributed by atoms with E-state index in [0.717, 1.165) is 0 Å². The van der Waals surface area contributed by atoms with Gasteiger partial charge < -0.3 is 8.43 Å². The summed E-state index contributed by atoms with van der Waals surface area (Å²) in [7, 11) is -7.30. The van der Waals surface area contributed by atoms with Crippen LogP contribution in [0.5, 0.6) is 0 Å². The normalized spacial score (nSPS) is 11.7. The van der Waals surface area contributed by atoms with E-state index in [2.05, 4.69) is 39.5 Å². The van der Waals surface area contributed by atoms with E-state index in [1.807, 2.05) is 36.5 Å². The van der Waals surface area contributed by atoms with Crippen LogP contribution in [0.15, 0.2) is 75.9 Å². The van der Waals surface area contributed by atoms with Crippen LogP contribution in [0.3, 0.4) is 0 Å². The van der Waals surface area contributed by atoms with E-state index in [-0.39, 0.29) is 0 Å². The van der Waals surface area contributed by atoms with Gasteiger partial charge in [-0.25, -0.2) is 0 Å². The molecule has 0 aromatic rings. The third-order valence-corrected chi connectivity index (χ3v) is 14.7. The average molecular weight is 383 g/mol. The molecule has 0 aromatic heterocycles. The molecular formula is C18H31O3PSi2. The van der Waals surface area contributed by atoms with Gasteiger partial charge in [-0.15, -0.1) is 39.5 Å². The van der Waals surface area contributed by atoms with Crippen LogP contribution in [-0.4, -0.2) is 16.6 Å². The summed E-state index contributed by atoms with van der Waals surface area (Å²) >= 11 is 0. The lowest BCUT2D eigenvalue weighted by Crippen LogP contribution is -2.37. The molecule has 0 bridgehead atoms. The molecule has 0 aliphatic rings. The van der Waals surface area contributed by atoms with Gasteiger partial charge in [0.15, 0.2) is 0 Å². The van der Waals surface area contributed by atoms with Gasteiger partial charge in [0.25, 0.3) is 8.25 Å². The Balaban J connectivity index is 5.37. The molecule has 24 heavy (non-hydrogen) atoms. The molecule has 0 aliphatic carbocycles. The van der Waals surface area contributed by atoms with Crippen LogP contribution in [0.1, 0.15) is 0 Å². The van der Waals surface area contributed by atoms with Crippen molar-refractivity contribution in [3.8, 4) is 0 Å². The van der Waals surface area contributed by atoms with Crippen LogP contribution in [0.4, 0.5) is 0 Å². The Labute approximate surface area is 150 Å². The largest absolute Gasteiger partial charge is 0.352 e. The number of rotatable bonds is 16. The summed E-state index contributed by atoms with van der Waals surface area (Å²) < 4.78 is 24.8. The lowest BCUT2D eigenvalue weighted by atomic mass is 10.7. The fourth-order valence-electron chi connectivity index (χ4n) is 2.70. The van der Waals surface area contributed by atoms with Crippen molar-refractivity contribution in [2.24, 2.45) is 0 Å². The molecule has 0 N–H and O–H groups in total. The summed E-state index contributed by atoms with van der Waals surface area (Å²) in [4.78, 5) is 0. The van der Waals surface area contributed by atoms with Gasteiger partial charge in [-0.2, -0.15) is 0 Å². The molecule has 0 fully saturated rings.